The van der Waals surface area contributed by atoms with E-state index < -0.39 is 12.1 Å². The zero-order chi connectivity index (χ0) is 39.3. The van der Waals surface area contributed by atoms with Gasteiger partial charge in [-0.3, -0.25) is 4.79 Å². The molecule has 0 rings (SSSR count). The molecule has 4 heteroatoms. The van der Waals surface area contributed by atoms with E-state index in [4.69, 9.17) is 0 Å². The fourth-order valence-corrected chi connectivity index (χ4v) is 7.69. The number of aliphatic hydroxyl groups is 2. The van der Waals surface area contributed by atoms with Crippen LogP contribution in [0, 0.1) is 0 Å². The van der Waals surface area contributed by atoms with Crippen LogP contribution >= 0.6 is 0 Å². The lowest BCUT2D eigenvalue weighted by Gasteiger charge is -2.22. The molecule has 2 atom stereocenters. The summed E-state index contributed by atoms with van der Waals surface area (Å²) in [5, 5.41) is 23.1. The maximum absolute atomic E-state index is 12.4. The van der Waals surface area contributed by atoms with Gasteiger partial charge in [-0.1, -0.05) is 244 Å². The van der Waals surface area contributed by atoms with Crippen LogP contribution in [-0.2, 0) is 4.79 Å². The number of unbranched alkanes of at least 4 members (excludes halogenated alkanes) is 34. The fourth-order valence-electron chi connectivity index (χ4n) is 7.69. The predicted molar refractivity (Wildman–Crippen MR) is 239 cm³/mol. The van der Waals surface area contributed by atoms with Gasteiger partial charge in [0, 0.05) is 6.42 Å². The summed E-state index contributed by atoms with van der Waals surface area (Å²) in [7, 11) is 0. The smallest absolute Gasteiger partial charge is 0.220 e. The summed E-state index contributed by atoms with van der Waals surface area (Å²) >= 11 is 0. The summed E-state index contributed by atoms with van der Waals surface area (Å²) in [5.74, 6) is -0.0301. The Morgan fingerprint density at radius 1 is 0.444 bits per heavy atom. The third kappa shape index (κ3) is 42.0. The molecule has 320 valence electrons. The SMILES string of the molecule is CCCCCCCCCCC/C=C\C/C=C\CCCCCCCCCCCCCCCCCC(=O)NC(CO)C(O)CCCCCCCCCCCCC. The quantitative estimate of drug-likeness (QED) is 0.0428. The molecule has 0 saturated heterocycles. The molecule has 0 fully saturated rings. The molecule has 0 aliphatic heterocycles. The minimum Gasteiger partial charge on any atom is -0.394 e. The van der Waals surface area contributed by atoms with Crippen LogP contribution < -0.4 is 5.32 Å². The molecule has 0 heterocycles. The van der Waals surface area contributed by atoms with E-state index in [0.29, 0.717) is 12.8 Å². The number of carbonyl (C=O) groups is 1. The minimum atomic E-state index is -0.656. The Hall–Kier alpha value is -1.13. The second-order valence-electron chi connectivity index (χ2n) is 16.9. The van der Waals surface area contributed by atoms with Gasteiger partial charge in [-0.25, -0.2) is 0 Å². The summed E-state index contributed by atoms with van der Waals surface area (Å²) in [6, 6.07) is -0.532. The summed E-state index contributed by atoms with van der Waals surface area (Å²) < 4.78 is 0. The van der Waals surface area contributed by atoms with Crippen molar-refractivity contribution in [2.24, 2.45) is 0 Å². The number of rotatable bonds is 45. The standard InChI is InChI=1S/C50H97NO3/c1-3-5-7-9-11-13-15-16-17-18-19-20-21-22-23-24-25-26-27-28-29-30-31-32-33-34-36-38-40-42-44-46-50(54)51-48(47-52)49(53)45-43-41-39-37-35-14-12-10-8-6-4-2/h19-20,22-23,48-49,52-53H,3-18,21,24-47H2,1-2H3,(H,51,54)/b20-19-,23-22-. The highest BCUT2D eigenvalue weighted by atomic mass is 16.3. The van der Waals surface area contributed by atoms with Gasteiger partial charge in [-0.2, -0.15) is 0 Å². The van der Waals surface area contributed by atoms with E-state index in [1.165, 1.54) is 212 Å². The van der Waals surface area contributed by atoms with Crippen molar-refractivity contribution in [1.29, 1.82) is 0 Å². The van der Waals surface area contributed by atoms with Crippen molar-refractivity contribution in [3.8, 4) is 0 Å². The van der Waals surface area contributed by atoms with Crippen molar-refractivity contribution in [2.75, 3.05) is 6.61 Å². The van der Waals surface area contributed by atoms with Crippen molar-refractivity contribution >= 4 is 5.91 Å². The lowest BCUT2D eigenvalue weighted by atomic mass is 10.0. The first kappa shape index (κ1) is 52.9. The molecule has 0 aromatic carbocycles. The minimum absolute atomic E-state index is 0.0301. The Morgan fingerprint density at radius 2 is 0.759 bits per heavy atom. The number of nitrogens with one attached hydrogen (secondary N) is 1. The number of hydrogen-bond acceptors (Lipinski definition) is 3. The van der Waals surface area contributed by atoms with Gasteiger partial charge in [0.05, 0.1) is 18.8 Å². The zero-order valence-electron chi connectivity index (χ0n) is 36.8. The van der Waals surface area contributed by atoms with Crippen molar-refractivity contribution in [3.05, 3.63) is 24.3 Å². The Morgan fingerprint density at radius 3 is 1.11 bits per heavy atom. The highest BCUT2D eigenvalue weighted by Crippen LogP contribution is 2.16. The molecule has 0 aromatic rings. The van der Waals surface area contributed by atoms with Gasteiger partial charge < -0.3 is 15.5 Å². The van der Waals surface area contributed by atoms with Gasteiger partial charge in [0.25, 0.3) is 0 Å². The Bertz CT molecular complexity index is 780. The molecule has 3 N–H and O–H groups in total. The molecule has 0 aliphatic carbocycles. The van der Waals surface area contributed by atoms with Gasteiger partial charge in [-0.15, -0.1) is 0 Å². The molecule has 1 amide bonds. The summed E-state index contributed by atoms with van der Waals surface area (Å²) in [6.45, 7) is 4.36. The molecule has 0 bridgehead atoms. The first-order chi connectivity index (χ1) is 26.7. The van der Waals surface area contributed by atoms with Gasteiger partial charge in [0.1, 0.15) is 0 Å². The zero-order valence-corrected chi connectivity index (χ0v) is 36.8. The highest BCUT2D eigenvalue weighted by molar-refractivity contribution is 5.76. The van der Waals surface area contributed by atoms with Crippen LogP contribution in [-0.4, -0.2) is 34.9 Å². The van der Waals surface area contributed by atoms with Crippen LogP contribution in [0.25, 0.3) is 0 Å². The molecule has 2 unspecified atom stereocenters. The van der Waals surface area contributed by atoms with Crippen LogP contribution in [0.5, 0.6) is 0 Å². The maximum atomic E-state index is 12.4. The summed E-state index contributed by atoms with van der Waals surface area (Å²) in [4.78, 5) is 12.4. The fraction of sp³-hybridized carbons (Fsp3) is 0.900. The van der Waals surface area contributed by atoms with E-state index in [-0.39, 0.29) is 12.5 Å². The Labute approximate surface area is 339 Å². The molecule has 4 nitrogen and oxygen atoms in total. The van der Waals surface area contributed by atoms with Crippen molar-refractivity contribution in [1.82, 2.24) is 5.32 Å². The van der Waals surface area contributed by atoms with Crippen LogP contribution in [0.4, 0.5) is 0 Å². The number of amides is 1. The number of aliphatic hydroxyl groups excluding tert-OH is 2. The highest BCUT2D eigenvalue weighted by Gasteiger charge is 2.20. The van der Waals surface area contributed by atoms with Crippen LogP contribution in [0.3, 0.4) is 0 Å². The normalized spacial score (nSPS) is 13.0. The Balaban J connectivity index is 3.42. The maximum Gasteiger partial charge on any atom is 0.220 e. The van der Waals surface area contributed by atoms with Gasteiger partial charge in [0.2, 0.25) is 5.91 Å². The number of allylic oxidation sites excluding steroid dienone is 4. The van der Waals surface area contributed by atoms with E-state index >= 15 is 0 Å². The second kappa shape index (κ2) is 46.3. The molecule has 54 heavy (non-hydrogen) atoms. The topological polar surface area (TPSA) is 69.6 Å². The monoisotopic (exact) mass is 760 g/mol. The van der Waals surface area contributed by atoms with E-state index in [9.17, 15) is 15.0 Å². The second-order valence-corrected chi connectivity index (χ2v) is 16.9. The average molecular weight is 760 g/mol. The van der Waals surface area contributed by atoms with Gasteiger partial charge >= 0.3 is 0 Å². The third-order valence-electron chi connectivity index (χ3n) is 11.5. The molecule has 0 aliphatic rings. The van der Waals surface area contributed by atoms with Crippen molar-refractivity contribution in [2.45, 2.75) is 283 Å². The number of carbonyl (C=O) groups excluding carboxylic acids is 1. The molecule has 0 aromatic heterocycles. The Kier molecular flexibility index (Phi) is 45.3. The first-order valence-corrected chi connectivity index (χ1v) is 24.5. The molecular formula is C50H97NO3. The number of hydrogen-bond donors (Lipinski definition) is 3. The van der Waals surface area contributed by atoms with E-state index in [2.05, 4.69) is 43.5 Å². The lowest BCUT2D eigenvalue weighted by Crippen LogP contribution is -2.45. The lowest BCUT2D eigenvalue weighted by molar-refractivity contribution is -0.123. The summed E-state index contributed by atoms with van der Waals surface area (Å²) in [6.07, 6.45) is 60.0. The van der Waals surface area contributed by atoms with E-state index in [1.54, 1.807) is 0 Å². The van der Waals surface area contributed by atoms with Crippen molar-refractivity contribution in [3.63, 3.8) is 0 Å². The molecule has 0 saturated carbocycles. The van der Waals surface area contributed by atoms with E-state index in [0.717, 1.165) is 32.1 Å². The molecule has 0 radical (unpaired) electrons. The van der Waals surface area contributed by atoms with Crippen LogP contribution in [0.2, 0.25) is 0 Å². The first-order valence-electron chi connectivity index (χ1n) is 24.5. The van der Waals surface area contributed by atoms with Crippen molar-refractivity contribution < 1.29 is 15.0 Å². The van der Waals surface area contributed by atoms with Gasteiger partial charge in [0.15, 0.2) is 0 Å². The van der Waals surface area contributed by atoms with Crippen LogP contribution in [0.1, 0.15) is 271 Å². The van der Waals surface area contributed by atoms with E-state index in [1.807, 2.05) is 0 Å². The largest absolute Gasteiger partial charge is 0.394 e. The molecule has 0 spiro atoms. The van der Waals surface area contributed by atoms with Gasteiger partial charge in [-0.05, 0) is 44.9 Å². The van der Waals surface area contributed by atoms with Crippen LogP contribution in [0.15, 0.2) is 24.3 Å². The average Bonchev–Trinajstić information content (AvgIpc) is 3.18. The summed E-state index contributed by atoms with van der Waals surface area (Å²) in [5.41, 5.74) is 0. The third-order valence-corrected chi connectivity index (χ3v) is 11.5. The molecular weight excluding hydrogens is 663 g/mol. The predicted octanol–water partition coefficient (Wildman–Crippen LogP) is 15.6.